The first-order valence-electron chi connectivity index (χ1n) is 6.49. The average Bonchev–Trinajstić information content (AvgIpc) is 2.41. The minimum Gasteiger partial charge on any atom is -0.339 e. The van der Waals surface area contributed by atoms with Crippen LogP contribution >= 0.6 is 39.9 Å². The molecule has 20 heavy (non-hydrogen) atoms. The van der Waals surface area contributed by atoms with Gasteiger partial charge in [-0.05, 0) is 59.8 Å². The van der Waals surface area contributed by atoms with Gasteiger partial charge in [-0.2, -0.15) is 0 Å². The quantitative estimate of drug-likeness (QED) is 0.848. The zero-order chi connectivity index (χ0) is 14.0. The number of piperidine rings is 1. The van der Waals surface area contributed by atoms with Crippen LogP contribution in [0.1, 0.15) is 30.1 Å². The van der Waals surface area contributed by atoms with Crippen molar-refractivity contribution >= 4 is 45.8 Å². The third-order valence-electron chi connectivity index (χ3n) is 3.74. The molecule has 0 radical (unpaired) electrons. The van der Waals surface area contributed by atoms with Crippen molar-refractivity contribution in [3.63, 3.8) is 0 Å². The summed E-state index contributed by atoms with van der Waals surface area (Å²) in [6.45, 7) is 3.61. The molecule has 0 aliphatic carbocycles. The molecular weight excluding hydrogens is 363 g/mol. The minimum absolute atomic E-state index is 0. The number of nitrogens with zero attached hydrogens (tertiary/aromatic N) is 1. The van der Waals surface area contributed by atoms with Crippen molar-refractivity contribution < 1.29 is 4.79 Å². The summed E-state index contributed by atoms with van der Waals surface area (Å²) >= 11 is 9.29. The molecule has 1 heterocycles. The molecule has 112 valence electrons. The summed E-state index contributed by atoms with van der Waals surface area (Å²) in [5, 5.41) is 0.618. The maximum absolute atomic E-state index is 12.4. The highest BCUT2D eigenvalue weighted by Crippen LogP contribution is 2.25. The van der Waals surface area contributed by atoms with Gasteiger partial charge in [-0.3, -0.25) is 4.79 Å². The van der Waals surface area contributed by atoms with Crippen molar-refractivity contribution in [1.29, 1.82) is 0 Å². The summed E-state index contributed by atoms with van der Waals surface area (Å²) in [6.07, 6.45) is 1.97. The second-order valence-electron chi connectivity index (χ2n) is 5.12. The Morgan fingerprint density at radius 3 is 2.55 bits per heavy atom. The molecule has 1 aliphatic rings. The summed E-state index contributed by atoms with van der Waals surface area (Å²) in [4.78, 5) is 14.3. The number of carbonyl (C=O) groups excluding carboxylic acids is 1. The number of likely N-dealkylation sites (tertiary alicyclic amines) is 1. The predicted octanol–water partition coefficient (Wildman–Crippen LogP) is 3.72. The Balaban J connectivity index is 0.00000200. The SMILES string of the molecule is CC(N)C1CCN(C(=O)c2ccc(Cl)c(Br)c2)CC1.Cl. The lowest BCUT2D eigenvalue weighted by Crippen LogP contribution is -2.42. The van der Waals surface area contributed by atoms with Crippen LogP contribution in [0.4, 0.5) is 0 Å². The summed E-state index contributed by atoms with van der Waals surface area (Å²) < 4.78 is 0.755. The second kappa shape index (κ2) is 7.64. The number of halogens is 3. The van der Waals surface area contributed by atoms with E-state index in [1.165, 1.54) is 0 Å². The van der Waals surface area contributed by atoms with Gasteiger partial charge in [-0.25, -0.2) is 0 Å². The molecule has 2 N–H and O–H groups in total. The molecular formula is C14H19BrCl2N2O. The molecule has 1 atom stereocenters. The molecule has 0 bridgehead atoms. The van der Waals surface area contributed by atoms with Crippen LogP contribution in [0.5, 0.6) is 0 Å². The number of benzene rings is 1. The summed E-state index contributed by atoms with van der Waals surface area (Å²) in [5.74, 6) is 0.599. The minimum atomic E-state index is 0. The van der Waals surface area contributed by atoms with Crippen LogP contribution in [0.15, 0.2) is 22.7 Å². The molecule has 1 saturated heterocycles. The molecule has 0 aromatic heterocycles. The first-order valence-corrected chi connectivity index (χ1v) is 7.66. The fraction of sp³-hybridized carbons (Fsp3) is 0.500. The summed E-state index contributed by atoms with van der Waals surface area (Å²) in [5.41, 5.74) is 6.59. The van der Waals surface area contributed by atoms with E-state index in [0.29, 0.717) is 16.5 Å². The first kappa shape index (κ1) is 17.8. The Labute approximate surface area is 139 Å². The van der Waals surface area contributed by atoms with Crippen LogP contribution in [-0.2, 0) is 0 Å². The van der Waals surface area contributed by atoms with Gasteiger partial charge in [0.05, 0.1) is 5.02 Å². The lowest BCUT2D eigenvalue weighted by molar-refractivity contribution is 0.0681. The molecule has 2 rings (SSSR count). The van der Waals surface area contributed by atoms with Crippen molar-refractivity contribution in [2.24, 2.45) is 11.7 Å². The number of hydrogen-bond donors (Lipinski definition) is 1. The largest absolute Gasteiger partial charge is 0.339 e. The third kappa shape index (κ3) is 4.10. The molecule has 1 aromatic carbocycles. The van der Waals surface area contributed by atoms with E-state index in [-0.39, 0.29) is 24.4 Å². The zero-order valence-corrected chi connectivity index (χ0v) is 14.5. The van der Waals surface area contributed by atoms with Gasteiger partial charge in [0.2, 0.25) is 0 Å². The fourth-order valence-corrected chi connectivity index (χ4v) is 2.94. The number of hydrogen-bond acceptors (Lipinski definition) is 2. The molecule has 1 amide bonds. The van der Waals surface area contributed by atoms with E-state index in [4.69, 9.17) is 17.3 Å². The van der Waals surface area contributed by atoms with Crippen molar-refractivity contribution in [2.75, 3.05) is 13.1 Å². The monoisotopic (exact) mass is 380 g/mol. The molecule has 1 aromatic rings. The fourth-order valence-electron chi connectivity index (χ4n) is 2.44. The van der Waals surface area contributed by atoms with E-state index in [2.05, 4.69) is 15.9 Å². The van der Waals surface area contributed by atoms with Crippen LogP contribution in [0.25, 0.3) is 0 Å². The summed E-state index contributed by atoms with van der Waals surface area (Å²) in [6, 6.07) is 5.50. The van der Waals surface area contributed by atoms with E-state index in [1.54, 1.807) is 18.2 Å². The maximum Gasteiger partial charge on any atom is 0.253 e. The van der Waals surface area contributed by atoms with Crippen molar-refractivity contribution in [3.8, 4) is 0 Å². The van der Waals surface area contributed by atoms with Crippen LogP contribution in [0.2, 0.25) is 5.02 Å². The van der Waals surface area contributed by atoms with Crippen molar-refractivity contribution in [2.45, 2.75) is 25.8 Å². The topological polar surface area (TPSA) is 46.3 Å². The Morgan fingerprint density at radius 2 is 2.05 bits per heavy atom. The van der Waals surface area contributed by atoms with Crippen LogP contribution in [-0.4, -0.2) is 29.9 Å². The first-order chi connectivity index (χ1) is 8.99. The lowest BCUT2D eigenvalue weighted by Gasteiger charge is -2.33. The molecule has 3 nitrogen and oxygen atoms in total. The Hall–Kier alpha value is -0.290. The molecule has 6 heteroatoms. The van der Waals surface area contributed by atoms with Gasteiger partial charge in [0.25, 0.3) is 5.91 Å². The predicted molar refractivity (Wildman–Crippen MR) is 88.7 cm³/mol. The Kier molecular flexibility index (Phi) is 6.79. The highest BCUT2D eigenvalue weighted by Gasteiger charge is 2.25. The van der Waals surface area contributed by atoms with Gasteiger partial charge in [0, 0.05) is 29.2 Å². The number of nitrogens with two attached hydrogens (primary N) is 1. The number of carbonyl (C=O) groups is 1. The molecule has 0 saturated carbocycles. The van der Waals surface area contributed by atoms with Gasteiger partial charge < -0.3 is 10.6 Å². The van der Waals surface area contributed by atoms with Gasteiger partial charge in [-0.1, -0.05) is 11.6 Å². The highest BCUT2D eigenvalue weighted by molar-refractivity contribution is 9.10. The van der Waals surface area contributed by atoms with E-state index >= 15 is 0 Å². The van der Waals surface area contributed by atoms with Crippen LogP contribution < -0.4 is 5.73 Å². The van der Waals surface area contributed by atoms with E-state index in [0.717, 1.165) is 30.4 Å². The Bertz CT molecular complexity index is 474. The van der Waals surface area contributed by atoms with Gasteiger partial charge in [0.1, 0.15) is 0 Å². The third-order valence-corrected chi connectivity index (χ3v) is 4.95. The zero-order valence-electron chi connectivity index (χ0n) is 11.3. The van der Waals surface area contributed by atoms with Gasteiger partial charge >= 0.3 is 0 Å². The molecule has 1 unspecified atom stereocenters. The molecule has 1 aliphatic heterocycles. The van der Waals surface area contributed by atoms with Gasteiger partial charge in [-0.15, -0.1) is 12.4 Å². The maximum atomic E-state index is 12.4. The highest BCUT2D eigenvalue weighted by atomic mass is 79.9. The van der Waals surface area contributed by atoms with Crippen molar-refractivity contribution in [1.82, 2.24) is 4.90 Å². The second-order valence-corrected chi connectivity index (χ2v) is 6.38. The standard InChI is InChI=1S/C14H18BrClN2O.ClH/c1-9(17)10-4-6-18(7-5-10)14(19)11-2-3-13(16)12(15)8-11;/h2-3,8-10H,4-7,17H2,1H3;1H. The number of amides is 1. The normalized spacial score (nSPS) is 17.5. The lowest BCUT2D eigenvalue weighted by atomic mass is 9.90. The summed E-state index contributed by atoms with van der Waals surface area (Å²) in [7, 11) is 0. The van der Waals surface area contributed by atoms with Crippen LogP contribution in [0.3, 0.4) is 0 Å². The van der Waals surface area contributed by atoms with E-state index in [1.807, 2.05) is 11.8 Å². The number of rotatable bonds is 2. The smallest absolute Gasteiger partial charge is 0.253 e. The van der Waals surface area contributed by atoms with E-state index in [9.17, 15) is 4.79 Å². The van der Waals surface area contributed by atoms with Gasteiger partial charge in [0.15, 0.2) is 0 Å². The van der Waals surface area contributed by atoms with Crippen LogP contribution in [0, 0.1) is 5.92 Å². The molecule has 1 fully saturated rings. The van der Waals surface area contributed by atoms with E-state index < -0.39 is 0 Å². The van der Waals surface area contributed by atoms with Crippen molar-refractivity contribution in [3.05, 3.63) is 33.3 Å². The Morgan fingerprint density at radius 1 is 1.45 bits per heavy atom. The molecule has 0 spiro atoms. The average molecular weight is 382 g/mol.